The van der Waals surface area contributed by atoms with Crippen molar-refractivity contribution in [1.82, 2.24) is 10.0 Å². The Labute approximate surface area is 194 Å². The van der Waals surface area contributed by atoms with Gasteiger partial charge in [0.2, 0.25) is 0 Å². The molecule has 9 nitrogen and oxygen atoms in total. The number of amides is 3. The summed E-state index contributed by atoms with van der Waals surface area (Å²) < 4.78 is 13.3. The molecule has 10 heteroatoms. The Kier molecular flexibility index (Phi) is 6.23. The number of rotatable bonds is 6. The predicted molar refractivity (Wildman–Crippen MR) is 117 cm³/mol. The zero-order valence-corrected chi connectivity index (χ0v) is 18.3. The highest BCUT2D eigenvalue weighted by atomic mass is 19.1. The van der Waals surface area contributed by atoms with Gasteiger partial charge in [0.05, 0.1) is 16.8 Å². The molecule has 1 aliphatic carbocycles. The fourth-order valence-electron chi connectivity index (χ4n) is 4.66. The molecule has 2 aromatic carbocycles. The van der Waals surface area contributed by atoms with Gasteiger partial charge in [0, 0.05) is 11.6 Å². The number of ketones is 1. The summed E-state index contributed by atoms with van der Waals surface area (Å²) in [7, 11) is 0. The van der Waals surface area contributed by atoms with E-state index in [2.05, 4.69) is 0 Å². The smallest absolute Gasteiger partial charge is 0.282 e. The highest BCUT2D eigenvalue weighted by Gasteiger charge is 2.53. The summed E-state index contributed by atoms with van der Waals surface area (Å²) in [6.07, 6.45) is 1.71. The van der Waals surface area contributed by atoms with E-state index in [-0.39, 0.29) is 17.0 Å². The maximum absolute atomic E-state index is 13.5. The van der Waals surface area contributed by atoms with Crippen LogP contribution < -0.4 is 0 Å². The summed E-state index contributed by atoms with van der Waals surface area (Å²) in [5.74, 6) is -4.43. The third-order valence-corrected chi connectivity index (χ3v) is 6.43. The van der Waals surface area contributed by atoms with Crippen molar-refractivity contribution in [3.8, 4) is 0 Å². The summed E-state index contributed by atoms with van der Waals surface area (Å²) in [6, 6.07) is 9.71. The molecule has 0 aromatic heterocycles. The molecule has 0 unspecified atom stereocenters. The Morgan fingerprint density at radius 2 is 1.71 bits per heavy atom. The minimum Gasteiger partial charge on any atom is -0.292 e. The minimum atomic E-state index is -1.02. The van der Waals surface area contributed by atoms with Crippen molar-refractivity contribution in [3.05, 3.63) is 75.6 Å². The van der Waals surface area contributed by atoms with Crippen molar-refractivity contribution < 1.29 is 28.5 Å². The number of hydrogen-bond donors (Lipinski definition) is 0. The maximum atomic E-state index is 13.5. The molecule has 1 saturated carbocycles. The molecule has 34 heavy (non-hydrogen) atoms. The molecule has 2 aromatic rings. The number of nitro groups is 1. The molecule has 0 spiro atoms. The summed E-state index contributed by atoms with van der Waals surface area (Å²) >= 11 is 0. The van der Waals surface area contributed by atoms with Gasteiger partial charge in [-0.3, -0.25) is 29.3 Å². The Morgan fingerprint density at radius 1 is 1.06 bits per heavy atom. The van der Waals surface area contributed by atoms with Gasteiger partial charge in [-0.1, -0.05) is 19.1 Å². The van der Waals surface area contributed by atoms with Crippen LogP contribution in [0.5, 0.6) is 0 Å². The molecule has 1 saturated heterocycles. The van der Waals surface area contributed by atoms with Crippen molar-refractivity contribution in [2.24, 2.45) is 17.8 Å². The van der Waals surface area contributed by atoms with E-state index in [9.17, 15) is 33.7 Å². The Bertz CT molecular complexity index is 1180. The zero-order chi connectivity index (χ0) is 24.6. The van der Waals surface area contributed by atoms with Gasteiger partial charge >= 0.3 is 0 Å². The molecule has 3 atom stereocenters. The number of carbonyl (C=O) groups is 4. The number of hydrogen-bond acceptors (Lipinski definition) is 6. The quantitative estimate of drug-likeness (QED) is 0.278. The van der Waals surface area contributed by atoms with E-state index in [1.165, 1.54) is 30.3 Å². The number of carbonyl (C=O) groups excluding carboxylic acids is 4. The van der Waals surface area contributed by atoms with E-state index in [0.29, 0.717) is 22.9 Å². The molecule has 4 rings (SSSR count). The van der Waals surface area contributed by atoms with E-state index in [1.54, 1.807) is 0 Å². The molecule has 0 radical (unpaired) electrons. The number of nitro benzene ring substituents is 1. The monoisotopic (exact) mass is 467 g/mol. The molecule has 0 N–H and O–H groups in total. The van der Waals surface area contributed by atoms with E-state index in [4.69, 9.17) is 0 Å². The van der Waals surface area contributed by atoms with Gasteiger partial charge in [0.25, 0.3) is 23.4 Å². The number of halogens is 1. The van der Waals surface area contributed by atoms with E-state index >= 15 is 0 Å². The van der Waals surface area contributed by atoms with Gasteiger partial charge in [0.1, 0.15) is 17.9 Å². The highest BCUT2D eigenvalue weighted by Crippen LogP contribution is 2.41. The second-order valence-corrected chi connectivity index (χ2v) is 8.69. The highest BCUT2D eigenvalue weighted by molar-refractivity contribution is 6.10. The number of para-hydroxylation sites is 1. The van der Waals surface area contributed by atoms with Crippen LogP contribution in [0.1, 0.15) is 46.9 Å². The van der Waals surface area contributed by atoms with E-state index in [1.807, 2.05) is 6.92 Å². The number of Topliss-reactive ketones (excluding diaryl/α,β-unsaturated/α-hetero) is 1. The van der Waals surface area contributed by atoms with Crippen LogP contribution in [0.2, 0.25) is 0 Å². The van der Waals surface area contributed by atoms with Gasteiger partial charge < -0.3 is 0 Å². The Balaban J connectivity index is 1.74. The minimum absolute atomic E-state index is 0.0619. The largest absolute Gasteiger partial charge is 0.292 e. The van der Waals surface area contributed by atoms with Gasteiger partial charge in [-0.2, -0.15) is 5.01 Å². The lowest BCUT2D eigenvalue weighted by molar-refractivity contribution is -0.385. The summed E-state index contributed by atoms with van der Waals surface area (Å²) in [5.41, 5.74) is -0.813. The van der Waals surface area contributed by atoms with Crippen LogP contribution in [0.3, 0.4) is 0 Å². The summed E-state index contributed by atoms with van der Waals surface area (Å²) in [6.45, 7) is 1.26. The molecule has 0 bridgehead atoms. The topological polar surface area (TPSA) is 118 Å². The van der Waals surface area contributed by atoms with Crippen LogP contribution in [0.25, 0.3) is 0 Å². The van der Waals surface area contributed by atoms with Gasteiger partial charge in [-0.05, 0) is 55.5 Å². The lowest BCUT2D eigenvalue weighted by Crippen LogP contribution is -2.52. The van der Waals surface area contributed by atoms with E-state index in [0.717, 1.165) is 24.6 Å². The van der Waals surface area contributed by atoms with Crippen molar-refractivity contribution in [2.75, 3.05) is 6.54 Å². The number of benzene rings is 2. The van der Waals surface area contributed by atoms with E-state index < -0.39 is 58.3 Å². The number of hydrazine groups is 1. The third kappa shape index (κ3) is 4.18. The predicted octanol–water partition coefficient (Wildman–Crippen LogP) is 3.40. The summed E-state index contributed by atoms with van der Waals surface area (Å²) in [4.78, 5) is 63.7. The lowest BCUT2D eigenvalue weighted by Gasteiger charge is -2.30. The number of fused-ring (bicyclic) bond motifs is 1. The van der Waals surface area contributed by atoms with Crippen LogP contribution in [-0.2, 0) is 9.59 Å². The molecule has 2 aliphatic rings. The van der Waals surface area contributed by atoms with Crippen LogP contribution in [-0.4, -0.2) is 45.0 Å². The second-order valence-electron chi connectivity index (χ2n) is 8.69. The molecule has 1 heterocycles. The van der Waals surface area contributed by atoms with Gasteiger partial charge in [0.15, 0.2) is 5.78 Å². The normalized spacial score (nSPS) is 21.8. The van der Waals surface area contributed by atoms with Crippen molar-refractivity contribution in [3.63, 3.8) is 0 Å². The fourth-order valence-corrected chi connectivity index (χ4v) is 4.66. The first-order valence-electron chi connectivity index (χ1n) is 10.9. The molecule has 1 aliphatic heterocycles. The van der Waals surface area contributed by atoms with Crippen LogP contribution in [0, 0.1) is 33.7 Å². The van der Waals surface area contributed by atoms with Gasteiger partial charge in [-0.25, -0.2) is 9.40 Å². The maximum Gasteiger partial charge on any atom is 0.282 e. The molecular formula is C24H22FN3O6. The van der Waals surface area contributed by atoms with Crippen LogP contribution in [0.15, 0.2) is 48.5 Å². The number of nitrogens with zero attached hydrogens (tertiary/aromatic N) is 3. The second kappa shape index (κ2) is 9.12. The lowest BCUT2D eigenvalue weighted by atomic mass is 9.76. The zero-order valence-electron chi connectivity index (χ0n) is 18.3. The molecular weight excluding hydrogens is 445 g/mol. The van der Waals surface area contributed by atoms with Crippen LogP contribution in [0.4, 0.5) is 10.1 Å². The Morgan fingerprint density at radius 3 is 2.38 bits per heavy atom. The standard InChI is InChI=1S/C24H22FN3O6/c1-14-6-11-17-19(12-14)24(32)27(23(17)31)26(13-21(29)15-7-9-16(25)10-8-15)22(30)18-4-2-3-5-20(18)28(33)34/h2-5,7-10,14,17,19H,6,11-13H2,1H3/t14-,17-,19+/m1/s1. The molecule has 3 amide bonds. The molecule has 2 fully saturated rings. The first-order valence-corrected chi connectivity index (χ1v) is 10.9. The first-order chi connectivity index (χ1) is 16.2. The van der Waals surface area contributed by atoms with Crippen LogP contribution >= 0.6 is 0 Å². The SMILES string of the molecule is C[C@@H]1CC[C@H]2C(=O)N(N(CC(=O)c3ccc(F)cc3)C(=O)c3ccccc3[N+](=O)[O-])C(=O)[C@H]2C1. The fraction of sp³-hybridized carbons (Fsp3) is 0.333. The van der Waals surface area contributed by atoms with Crippen molar-refractivity contribution in [2.45, 2.75) is 26.2 Å². The molecule has 176 valence electrons. The Hall–Kier alpha value is -3.95. The average molecular weight is 467 g/mol. The first kappa shape index (κ1) is 23.2. The average Bonchev–Trinajstić information content (AvgIpc) is 3.06. The van der Waals surface area contributed by atoms with Crippen molar-refractivity contribution in [1.29, 1.82) is 0 Å². The summed E-state index contributed by atoms with van der Waals surface area (Å²) in [5, 5.41) is 12.9. The van der Waals surface area contributed by atoms with Crippen molar-refractivity contribution >= 4 is 29.2 Å². The third-order valence-electron chi connectivity index (χ3n) is 6.43. The van der Waals surface area contributed by atoms with Gasteiger partial charge in [-0.15, -0.1) is 0 Å². The number of imide groups is 1.